The van der Waals surface area contributed by atoms with E-state index in [9.17, 15) is 0 Å². The Morgan fingerprint density at radius 3 is 2.50 bits per heavy atom. The van der Waals surface area contributed by atoms with E-state index in [-0.39, 0.29) is 6.04 Å². The largest absolute Gasteiger partial charge is 0.319 e. The Hall–Kier alpha value is -1.67. The monoisotopic (exact) mass is 240 g/mol. The third-order valence-electron chi connectivity index (χ3n) is 3.13. The molecule has 2 heteroatoms. The average molecular weight is 240 g/mol. The van der Waals surface area contributed by atoms with E-state index in [1.165, 1.54) is 17.5 Å². The lowest BCUT2D eigenvalue weighted by atomic mass is 10.0. The SMILES string of the molecule is CCCc1ccc(C(N)c2cc(C)ccn2)cc1. The standard InChI is InChI=1S/C16H20N2/c1-3-4-13-5-7-14(8-6-13)16(17)15-11-12(2)9-10-18-15/h5-11,16H,3-4,17H2,1-2H3. The minimum absolute atomic E-state index is 0.138. The zero-order chi connectivity index (χ0) is 13.0. The van der Waals surface area contributed by atoms with E-state index in [4.69, 9.17) is 5.73 Å². The number of pyridine rings is 1. The molecule has 0 bridgehead atoms. The molecule has 94 valence electrons. The minimum atomic E-state index is -0.138. The Bertz CT molecular complexity index is 503. The van der Waals surface area contributed by atoms with Gasteiger partial charge in [0.15, 0.2) is 0 Å². The van der Waals surface area contributed by atoms with E-state index < -0.39 is 0 Å². The summed E-state index contributed by atoms with van der Waals surface area (Å²) in [6.45, 7) is 4.25. The van der Waals surface area contributed by atoms with Gasteiger partial charge >= 0.3 is 0 Å². The predicted molar refractivity (Wildman–Crippen MR) is 75.4 cm³/mol. The van der Waals surface area contributed by atoms with Crippen LogP contribution in [0.3, 0.4) is 0 Å². The summed E-state index contributed by atoms with van der Waals surface area (Å²) in [6.07, 6.45) is 4.11. The van der Waals surface area contributed by atoms with Crippen LogP contribution in [0.4, 0.5) is 0 Å². The number of nitrogens with two attached hydrogens (primary N) is 1. The Morgan fingerprint density at radius 1 is 1.17 bits per heavy atom. The molecule has 1 atom stereocenters. The summed E-state index contributed by atoms with van der Waals surface area (Å²) >= 11 is 0. The van der Waals surface area contributed by atoms with Crippen LogP contribution >= 0.6 is 0 Å². The lowest BCUT2D eigenvalue weighted by molar-refractivity contribution is 0.824. The van der Waals surface area contributed by atoms with E-state index in [2.05, 4.69) is 43.1 Å². The van der Waals surface area contributed by atoms with Crippen molar-refractivity contribution in [2.45, 2.75) is 32.7 Å². The molecule has 2 nitrogen and oxygen atoms in total. The van der Waals surface area contributed by atoms with Crippen molar-refractivity contribution in [3.05, 3.63) is 65.0 Å². The van der Waals surface area contributed by atoms with Crippen molar-refractivity contribution < 1.29 is 0 Å². The third kappa shape index (κ3) is 2.96. The van der Waals surface area contributed by atoms with Gasteiger partial charge in [-0.3, -0.25) is 4.98 Å². The Balaban J connectivity index is 2.20. The summed E-state index contributed by atoms with van der Waals surface area (Å²) in [4.78, 5) is 4.35. The molecule has 2 aromatic rings. The quantitative estimate of drug-likeness (QED) is 0.889. The van der Waals surface area contributed by atoms with Gasteiger partial charge in [-0.15, -0.1) is 0 Å². The first-order chi connectivity index (χ1) is 8.70. The Kier molecular flexibility index (Phi) is 4.11. The van der Waals surface area contributed by atoms with Gasteiger partial charge in [-0.25, -0.2) is 0 Å². The summed E-state index contributed by atoms with van der Waals surface area (Å²) in [5.74, 6) is 0. The van der Waals surface area contributed by atoms with Crippen molar-refractivity contribution in [2.24, 2.45) is 5.73 Å². The molecule has 0 saturated heterocycles. The van der Waals surface area contributed by atoms with Crippen LogP contribution in [0.25, 0.3) is 0 Å². The van der Waals surface area contributed by atoms with Crippen LogP contribution in [-0.4, -0.2) is 4.98 Å². The van der Waals surface area contributed by atoms with Gasteiger partial charge < -0.3 is 5.73 Å². The van der Waals surface area contributed by atoms with Crippen LogP contribution in [0.2, 0.25) is 0 Å². The number of hydrogen-bond acceptors (Lipinski definition) is 2. The molecule has 18 heavy (non-hydrogen) atoms. The summed E-state index contributed by atoms with van der Waals surface area (Å²) in [6, 6.07) is 12.4. The van der Waals surface area contributed by atoms with Crippen LogP contribution in [0.5, 0.6) is 0 Å². The summed E-state index contributed by atoms with van der Waals surface area (Å²) in [5.41, 5.74) is 10.9. The molecule has 0 aliphatic rings. The van der Waals surface area contributed by atoms with Crippen LogP contribution in [0, 0.1) is 6.92 Å². The molecule has 1 unspecified atom stereocenters. The van der Waals surface area contributed by atoms with Crippen molar-refractivity contribution in [2.75, 3.05) is 0 Å². The second kappa shape index (κ2) is 5.78. The normalized spacial score (nSPS) is 12.4. The van der Waals surface area contributed by atoms with Gasteiger partial charge in [-0.05, 0) is 42.2 Å². The zero-order valence-corrected chi connectivity index (χ0v) is 11.1. The first-order valence-electron chi connectivity index (χ1n) is 6.47. The van der Waals surface area contributed by atoms with E-state index in [0.29, 0.717) is 0 Å². The molecule has 0 aliphatic carbocycles. The number of benzene rings is 1. The highest BCUT2D eigenvalue weighted by Crippen LogP contribution is 2.19. The topological polar surface area (TPSA) is 38.9 Å². The molecule has 0 aliphatic heterocycles. The fourth-order valence-electron chi connectivity index (χ4n) is 2.08. The molecule has 0 amide bonds. The Morgan fingerprint density at radius 2 is 1.89 bits per heavy atom. The number of aromatic nitrogens is 1. The first-order valence-corrected chi connectivity index (χ1v) is 6.47. The number of rotatable bonds is 4. The highest BCUT2D eigenvalue weighted by Gasteiger charge is 2.10. The zero-order valence-electron chi connectivity index (χ0n) is 11.1. The van der Waals surface area contributed by atoms with E-state index >= 15 is 0 Å². The summed E-state index contributed by atoms with van der Waals surface area (Å²) < 4.78 is 0. The third-order valence-corrected chi connectivity index (χ3v) is 3.13. The van der Waals surface area contributed by atoms with E-state index in [1.807, 2.05) is 18.3 Å². The molecule has 1 aromatic carbocycles. The fourth-order valence-corrected chi connectivity index (χ4v) is 2.08. The smallest absolute Gasteiger partial charge is 0.0726 e. The lowest BCUT2D eigenvalue weighted by Crippen LogP contribution is -2.13. The second-order valence-corrected chi connectivity index (χ2v) is 4.73. The van der Waals surface area contributed by atoms with Crippen LogP contribution in [-0.2, 0) is 6.42 Å². The second-order valence-electron chi connectivity index (χ2n) is 4.73. The highest BCUT2D eigenvalue weighted by atomic mass is 14.8. The van der Waals surface area contributed by atoms with E-state index in [1.54, 1.807) is 0 Å². The van der Waals surface area contributed by atoms with Gasteiger partial charge in [0.1, 0.15) is 0 Å². The van der Waals surface area contributed by atoms with Crippen molar-refractivity contribution in [1.82, 2.24) is 4.98 Å². The number of nitrogens with zero attached hydrogens (tertiary/aromatic N) is 1. The van der Waals surface area contributed by atoms with E-state index in [0.717, 1.165) is 17.7 Å². The van der Waals surface area contributed by atoms with Crippen LogP contribution in [0.1, 0.15) is 41.8 Å². The van der Waals surface area contributed by atoms with Crippen LogP contribution < -0.4 is 5.73 Å². The highest BCUT2D eigenvalue weighted by molar-refractivity contribution is 5.31. The molecule has 2 N–H and O–H groups in total. The summed E-state index contributed by atoms with van der Waals surface area (Å²) in [7, 11) is 0. The Labute approximate surface area is 109 Å². The van der Waals surface area contributed by atoms with Gasteiger partial charge in [0.25, 0.3) is 0 Å². The number of aryl methyl sites for hydroxylation is 2. The van der Waals surface area contributed by atoms with Gasteiger partial charge in [-0.2, -0.15) is 0 Å². The molecule has 1 heterocycles. The molecule has 0 spiro atoms. The molecular formula is C16H20N2. The van der Waals surface area contributed by atoms with Crippen LogP contribution in [0.15, 0.2) is 42.6 Å². The molecule has 1 aromatic heterocycles. The maximum absolute atomic E-state index is 6.25. The van der Waals surface area contributed by atoms with Gasteiger partial charge in [-0.1, -0.05) is 37.6 Å². The molecule has 0 radical (unpaired) electrons. The van der Waals surface area contributed by atoms with Gasteiger partial charge in [0.05, 0.1) is 11.7 Å². The molecule has 2 rings (SSSR count). The van der Waals surface area contributed by atoms with Crippen molar-refractivity contribution in [3.8, 4) is 0 Å². The number of hydrogen-bond donors (Lipinski definition) is 1. The van der Waals surface area contributed by atoms with Crippen molar-refractivity contribution in [1.29, 1.82) is 0 Å². The maximum Gasteiger partial charge on any atom is 0.0726 e. The van der Waals surface area contributed by atoms with Crippen molar-refractivity contribution >= 4 is 0 Å². The first kappa shape index (κ1) is 12.8. The molecule has 0 fully saturated rings. The fraction of sp³-hybridized carbons (Fsp3) is 0.312. The minimum Gasteiger partial charge on any atom is -0.319 e. The van der Waals surface area contributed by atoms with Crippen molar-refractivity contribution in [3.63, 3.8) is 0 Å². The maximum atomic E-state index is 6.25. The summed E-state index contributed by atoms with van der Waals surface area (Å²) in [5, 5.41) is 0. The predicted octanol–water partition coefficient (Wildman–Crippen LogP) is 3.39. The van der Waals surface area contributed by atoms with Gasteiger partial charge in [0, 0.05) is 6.20 Å². The average Bonchev–Trinajstić information content (AvgIpc) is 2.39. The molecule has 0 saturated carbocycles. The molecular weight excluding hydrogens is 220 g/mol. The lowest BCUT2D eigenvalue weighted by Gasteiger charge is -2.12. The van der Waals surface area contributed by atoms with Gasteiger partial charge in [0.2, 0.25) is 0 Å².